The van der Waals surface area contributed by atoms with Gasteiger partial charge in [0.1, 0.15) is 0 Å². The Labute approximate surface area is 87.7 Å². The molecule has 0 heterocycles. The van der Waals surface area contributed by atoms with E-state index in [0.29, 0.717) is 0 Å². The normalized spacial score (nSPS) is 28.6. The summed E-state index contributed by atoms with van der Waals surface area (Å²) >= 11 is 0. The number of rotatable bonds is 0. The summed E-state index contributed by atoms with van der Waals surface area (Å²) in [5.74, 6) is 0. The Morgan fingerprint density at radius 2 is 1.00 bits per heavy atom. The van der Waals surface area contributed by atoms with Gasteiger partial charge in [0.25, 0.3) is 0 Å². The van der Waals surface area contributed by atoms with Crippen molar-refractivity contribution in [2.75, 3.05) is 0 Å². The summed E-state index contributed by atoms with van der Waals surface area (Å²) in [5.41, 5.74) is 0. The first-order chi connectivity index (χ1) is 7.00. The summed E-state index contributed by atoms with van der Waals surface area (Å²) in [6.45, 7) is 0. The van der Waals surface area contributed by atoms with E-state index in [1.165, 1.54) is 32.1 Å². The third-order valence-electron chi connectivity index (χ3n) is 2.28. The molecule has 0 N–H and O–H groups in total. The summed E-state index contributed by atoms with van der Waals surface area (Å²) < 4.78 is 0. The lowest BCUT2D eigenvalue weighted by molar-refractivity contribution is 0.696. The zero-order valence-corrected chi connectivity index (χ0v) is 8.86. The second-order valence-electron chi connectivity index (χ2n) is 3.59. The lowest BCUT2D eigenvalue weighted by atomic mass is 10.1. The van der Waals surface area contributed by atoms with Crippen LogP contribution in [0.2, 0.25) is 0 Å². The van der Waals surface area contributed by atoms with E-state index in [0.717, 1.165) is 6.42 Å². The highest BCUT2D eigenvalue weighted by Crippen LogP contribution is 2.05. The Hall–Kier alpha value is -1.04. The number of allylic oxidation sites excluding steroid dienone is 8. The van der Waals surface area contributed by atoms with Crippen LogP contribution in [0, 0.1) is 0 Å². The van der Waals surface area contributed by atoms with Crippen LogP contribution in [0.4, 0.5) is 0 Å². The molecule has 0 saturated heterocycles. The maximum atomic E-state index is 2.27. The van der Waals surface area contributed by atoms with Crippen molar-refractivity contribution in [2.45, 2.75) is 38.5 Å². The van der Waals surface area contributed by atoms with Crippen LogP contribution in [0.15, 0.2) is 48.6 Å². The van der Waals surface area contributed by atoms with Crippen molar-refractivity contribution in [3.8, 4) is 0 Å². The van der Waals surface area contributed by atoms with Crippen molar-refractivity contribution >= 4 is 0 Å². The van der Waals surface area contributed by atoms with Crippen LogP contribution in [-0.2, 0) is 0 Å². The monoisotopic (exact) mass is 188 g/mol. The van der Waals surface area contributed by atoms with Crippen LogP contribution in [0.1, 0.15) is 38.5 Å². The molecule has 0 amide bonds. The molecule has 76 valence electrons. The SMILES string of the molecule is C1=C\CCCCC/C=C\C=C\C/C=C/1. The van der Waals surface area contributed by atoms with E-state index in [-0.39, 0.29) is 0 Å². The molecule has 14 heavy (non-hydrogen) atoms. The largest absolute Gasteiger partial charge is 0.0845 e. The molecule has 1 aliphatic rings. The van der Waals surface area contributed by atoms with Gasteiger partial charge < -0.3 is 0 Å². The van der Waals surface area contributed by atoms with E-state index in [2.05, 4.69) is 48.6 Å². The van der Waals surface area contributed by atoms with Crippen molar-refractivity contribution in [3.05, 3.63) is 48.6 Å². The Morgan fingerprint density at radius 3 is 1.57 bits per heavy atom. The number of hydrogen-bond donors (Lipinski definition) is 0. The van der Waals surface area contributed by atoms with Gasteiger partial charge in [0.2, 0.25) is 0 Å². The first-order valence-electron chi connectivity index (χ1n) is 5.63. The molecular weight excluding hydrogens is 168 g/mol. The minimum absolute atomic E-state index is 1.04. The molecule has 0 aliphatic heterocycles. The van der Waals surface area contributed by atoms with Crippen molar-refractivity contribution < 1.29 is 0 Å². The standard InChI is InChI=1S/C14H20/c1-2-4-6-8-10-12-14-13-11-9-7-5-3-1/h1-4,7,9,11,13H,5-6,8,10,12,14H2/b3-1+,4-2-,9-7+,13-11-. The molecule has 0 saturated carbocycles. The third kappa shape index (κ3) is 6.47. The van der Waals surface area contributed by atoms with Gasteiger partial charge in [0.15, 0.2) is 0 Å². The van der Waals surface area contributed by atoms with Gasteiger partial charge in [-0.15, -0.1) is 0 Å². The predicted octanol–water partition coefficient (Wildman–Crippen LogP) is 4.57. The average Bonchev–Trinajstić information content (AvgIpc) is 2.22. The average molecular weight is 188 g/mol. The van der Waals surface area contributed by atoms with Crippen molar-refractivity contribution in [1.29, 1.82) is 0 Å². The Morgan fingerprint density at radius 1 is 0.500 bits per heavy atom. The summed E-state index contributed by atoms with van der Waals surface area (Å²) in [6, 6.07) is 0. The van der Waals surface area contributed by atoms with Gasteiger partial charge in [-0.25, -0.2) is 0 Å². The van der Waals surface area contributed by atoms with E-state index < -0.39 is 0 Å². The fourth-order valence-corrected chi connectivity index (χ4v) is 1.44. The first kappa shape index (κ1) is 11.0. The van der Waals surface area contributed by atoms with Crippen LogP contribution < -0.4 is 0 Å². The zero-order chi connectivity index (χ0) is 9.90. The van der Waals surface area contributed by atoms with Gasteiger partial charge in [-0.1, -0.05) is 55.0 Å². The van der Waals surface area contributed by atoms with Crippen LogP contribution in [0.3, 0.4) is 0 Å². The number of hydrogen-bond acceptors (Lipinski definition) is 0. The minimum Gasteiger partial charge on any atom is -0.0845 e. The van der Waals surface area contributed by atoms with Gasteiger partial charge >= 0.3 is 0 Å². The Bertz CT molecular complexity index is 204. The highest BCUT2D eigenvalue weighted by atomic mass is 13.9. The molecule has 0 atom stereocenters. The molecule has 1 rings (SSSR count). The molecule has 0 bridgehead atoms. The lowest BCUT2D eigenvalue weighted by Gasteiger charge is -1.94. The molecule has 0 aromatic carbocycles. The van der Waals surface area contributed by atoms with Crippen LogP contribution in [-0.4, -0.2) is 0 Å². The molecule has 1 aliphatic carbocycles. The van der Waals surface area contributed by atoms with Gasteiger partial charge in [0, 0.05) is 0 Å². The maximum Gasteiger partial charge on any atom is -0.0163 e. The second-order valence-corrected chi connectivity index (χ2v) is 3.59. The van der Waals surface area contributed by atoms with Crippen LogP contribution >= 0.6 is 0 Å². The van der Waals surface area contributed by atoms with Crippen LogP contribution in [0.5, 0.6) is 0 Å². The van der Waals surface area contributed by atoms with Crippen LogP contribution in [0.25, 0.3) is 0 Å². The van der Waals surface area contributed by atoms with Crippen molar-refractivity contribution in [3.63, 3.8) is 0 Å². The third-order valence-corrected chi connectivity index (χ3v) is 2.28. The Kier molecular flexibility index (Phi) is 6.74. The topological polar surface area (TPSA) is 0 Å². The maximum absolute atomic E-state index is 2.27. The quantitative estimate of drug-likeness (QED) is 0.522. The van der Waals surface area contributed by atoms with E-state index in [1.807, 2.05) is 0 Å². The Balaban J connectivity index is 2.35. The molecular formula is C14H20. The van der Waals surface area contributed by atoms with E-state index in [4.69, 9.17) is 0 Å². The molecule has 0 unspecified atom stereocenters. The molecule has 0 spiro atoms. The summed E-state index contributed by atoms with van der Waals surface area (Å²) in [6.07, 6.45) is 25.0. The van der Waals surface area contributed by atoms with Gasteiger partial charge in [-0.2, -0.15) is 0 Å². The van der Waals surface area contributed by atoms with Gasteiger partial charge in [-0.3, -0.25) is 0 Å². The first-order valence-corrected chi connectivity index (χ1v) is 5.63. The molecule has 0 aromatic heterocycles. The summed E-state index contributed by atoms with van der Waals surface area (Å²) in [4.78, 5) is 0. The molecule has 0 nitrogen and oxygen atoms in total. The van der Waals surface area contributed by atoms with E-state index in [9.17, 15) is 0 Å². The fourth-order valence-electron chi connectivity index (χ4n) is 1.44. The minimum atomic E-state index is 1.04. The van der Waals surface area contributed by atoms with E-state index >= 15 is 0 Å². The fraction of sp³-hybridized carbons (Fsp3) is 0.429. The molecule has 0 radical (unpaired) electrons. The molecule has 0 heteroatoms. The highest BCUT2D eigenvalue weighted by Gasteiger charge is 1.85. The molecule has 0 fully saturated rings. The summed E-state index contributed by atoms with van der Waals surface area (Å²) in [7, 11) is 0. The lowest BCUT2D eigenvalue weighted by Crippen LogP contribution is -1.74. The van der Waals surface area contributed by atoms with Crippen molar-refractivity contribution in [1.82, 2.24) is 0 Å². The second kappa shape index (κ2) is 8.55. The van der Waals surface area contributed by atoms with Crippen molar-refractivity contribution in [2.24, 2.45) is 0 Å². The highest BCUT2D eigenvalue weighted by molar-refractivity contribution is 5.08. The smallest absolute Gasteiger partial charge is 0.0163 e. The summed E-state index contributed by atoms with van der Waals surface area (Å²) in [5, 5.41) is 0. The van der Waals surface area contributed by atoms with Gasteiger partial charge in [0.05, 0.1) is 0 Å². The zero-order valence-electron chi connectivity index (χ0n) is 8.86. The van der Waals surface area contributed by atoms with E-state index in [1.54, 1.807) is 0 Å². The van der Waals surface area contributed by atoms with Gasteiger partial charge in [-0.05, 0) is 32.1 Å². The molecule has 0 aromatic rings. The predicted molar refractivity (Wildman–Crippen MR) is 64.3 cm³/mol.